The first-order valence-corrected chi connectivity index (χ1v) is 8.75. The number of carbonyl (C=O) groups is 1. The number of hydrogen-bond acceptors (Lipinski definition) is 3. The predicted molar refractivity (Wildman–Crippen MR) is 103 cm³/mol. The van der Waals surface area contributed by atoms with E-state index in [1.165, 1.54) is 6.21 Å². The number of halogens is 3. The molecule has 132 valence electrons. The van der Waals surface area contributed by atoms with Crippen LogP contribution in [0.5, 0.6) is 5.75 Å². The summed E-state index contributed by atoms with van der Waals surface area (Å²) in [5.41, 5.74) is 4.17. The monoisotopic (exact) mass is 398 g/mol. The van der Waals surface area contributed by atoms with E-state index >= 15 is 0 Å². The maximum absolute atomic E-state index is 11.7. The fourth-order valence-corrected chi connectivity index (χ4v) is 2.55. The molecule has 2 aromatic carbocycles. The van der Waals surface area contributed by atoms with E-state index in [-0.39, 0.29) is 5.91 Å². The van der Waals surface area contributed by atoms with Crippen LogP contribution in [-0.2, 0) is 4.79 Å². The van der Waals surface area contributed by atoms with Crippen LogP contribution in [0.25, 0.3) is 0 Å². The molecule has 2 rings (SSSR count). The largest absolute Gasteiger partial charge is 0.493 e. The van der Waals surface area contributed by atoms with Crippen molar-refractivity contribution in [3.63, 3.8) is 0 Å². The van der Waals surface area contributed by atoms with E-state index in [4.69, 9.17) is 39.5 Å². The summed E-state index contributed by atoms with van der Waals surface area (Å²) in [7, 11) is 0. The van der Waals surface area contributed by atoms with Gasteiger partial charge in [-0.25, -0.2) is 5.43 Å². The molecule has 0 aliphatic heterocycles. The third-order valence-electron chi connectivity index (χ3n) is 3.29. The smallest absolute Gasteiger partial charge is 0.240 e. The van der Waals surface area contributed by atoms with Crippen LogP contribution in [0.4, 0.5) is 0 Å². The van der Waals surface area contributed by atoms with Crippen molar-refractivity contribution in [2.45, 2.75) is 19.8 Å². The third-order valence-corrected chi connectivity index (χ3v) is 4.26. The van der Waals surface area contributed by atoms with Gasteiger partial charge in [-0.1, -0.05) is 40.9 Å². The maximum atomic E-state index is 11.7. The van der Waals surface area contributed by atoms with Crippen molar-refractivity contribution in [1.29, 1.82) is 0 Å². The molecular weight excluding hydrogens is 383 g/mol. The fourth-order valence-electron chi connectivity index (χ4n) is 2.02. The molecule has 7 heteroatoms. The molecular formula is C18H17Cl3N2O2. The minimum absolute atomic E-state index is 0.187. The molecule has 0 bridgehead atoms. The minimum Gasteiger partial charge on any atom is -0.493 e. The number of amides is 1. The molecule has 4 nitrogen and oxygen atoms in total. The lowest BCUT2D eigenvalue weighted by Gasteiger charge is -2.08. The minimum atomic E-state index is -0.187. The number of aryl methyl sites for hydroxylation is 1. The molecule has 2 aromatic rings. The van der Waals surface area contributed by atoms with Gasteiger partial charge in [0.25, 0.3) is 0 Å². The van der Waals surface area contributed by atoms with Gasteiger partial charge in [0, 0.05) is 11.4 Å². The number of nitrogens with one attached hydrogen (secondary N) is 1. The second kappa shape index (κ2) is 9.66. The highest BCUT2D eigenvalue weighted by molar-refractivity contribution is 6.42. The molecule has 0 aliphatic carbocycles. The fraction of sp³-hybridized carbons (Fsp3) is 0.222. The van der Waals surface area contributed by atoms with Gasteiger partial charge in [0.2, 0.25) is 5.91 Å². The zero-order chi connectivity index (χ0) is 18.2. The van der Waals surface area contributed by atoms with E-state index in [9.17, 15) is 4.79 Å². The van der Waals surface area contributed by atoms with Crippen LogP contribution in [0.15, 0.2) is 41.5 Å². The van der Waals surface area contributed by atoms with Crippen molar-refractivity contribution in [3.05, 3.63) is 62.6 Å². The molecule has 0 radical (unpaired) electrons. The van der Waals surface area contributed by atoms with Gasteiger partial charge in [-0.15, -0.1) is 0 Å². The van der Waals surface area contributed by atoms with Crippen molar-refractivity contribution in [2.24, 2.45) is 5.10 Å². The van der Waals surface area contributed by atoms with E-state index in [1.54, 1.807) is 24.3 Å². The Morgan fingerprint density at radius 2 is 1.96 bits per heavy atom. The molecule has 0 aliphatic rings. The summed E-state index contributed by atoms with van der Waals surface area (Å²) in [5, 5.41) is 5.47. The molecule has 0 unspecified atom stereocenters. The number of rotatable bonds is 7. The highest BCUT2D eigenvalue weighted by Gasteiger charge is 2.03. The summed E-state index contributed by atoms with van der Waals surface area (Å²) >= 11 is 17.6. The highest BCUT2D eigenvalue weighted by Crippen LogP contribution is 2.22. The van der Waals surface area contributed by atoms with E-state index in [1.807, 2.05) is 19.1 Å². The van der Waals surface area contributed by atoms with Crippen LogP contribution >= 0.6 is 34.8 Å². The van der Waals surface area contributed by atoms with E-state index in [0.717, 1.165) is 16.9 Å². The Morgan fingerprint density at radius 1 is 1.16 bits per heavy atom. The van der Waals surface area contributed by atoms with Gasteiger partial charge in [-0.2, -0.15) is 5.10 Å². The standard InChI is InChI=1S/C18H17Cl3N2O2/c1-12-9-14(19)5-7-17(12)25-8-2-3-18(24)23-22-11-13-4-6-15(20)16(21)10-13/h4-7,9-11H,2-3,8H2,1H3,(H,23,24)/b22-11+. The molecule has 0 aromatic heterocycles. The zero-order valence-corrected chi connectivity index (χ0v) is 15.8. The average molecular weight is 400 g/mol. The number of ether oxygens (including phenoxy) is 1. The Kier molecular flexibility index (Phi) is 7.56. The van der Waals surface area contributed by atoms with Gasteiger partial charge in [0.15, 0.2) is 0 Å². The molecule has 0 atom stereocenters. The zero-order valence-electron chi connectivity index (χ0n) is 13.6. The molecule has 0 saturated carbocycles. The van der Waals surface area contributed by atoms with Gasteiger partial charge < -0.3 is 4.74 Å². The van der Waals surface area contributed by atoms with Gasteiger partial charge in [0.05, 0.1) is 22.9 Å². The maximum Gasteiger partial charge on any atom is 0.240 e. The Hall–Kier alpha value is -1.75. The number of hydrazone groups is 1. The highest BCUT2D eigenvalue weighted by atomic mass is 35.5. The van der Waals surface area contributed by atoms with Crippen molar-refractivity contribution in [2.75, 3.05) is 6.61 Å². The Balaban J connectivity index is 1.70. The first-order valence-electron chi connectivity index (χ1n) is 7.61. The molecule has 0 fully saturated rings. The molecule has 0 heterocycles. The van der Waals surface area contributed by atoms with Crippen LogP contribution < -0.4 is 10.2 Å². The summed E-state index contributed by atoms with van der Waals surface area (Å²) in [6, 6.07) is 10.5. The Morgan fingerprint density at radius 3 is 2.68 bits per heavy atom. The number of nitrogens with zero attached hydrogens (tertiary/aromatic N) is 1. The van der Waals surface area contributed by atoms with Gasteiger partial charge in [0.1, 0.15) is 5.75 Å². The molecule has 0 spiro atoms. The first-order chi connectivity index (χ1) is 12.0. The quantitative estimate of drug-likeness (QED) is 0.392. The molecule has 1 N–H and O–H groups in total. The predicted octanol–water partition coefficient (Wildman–Crippen LogP) is 5.26. The van der Waals surface area contributed by atoms with E-state index < -0.39 is 0 Å². The van der Waals surface area contributed by atoms with Crippen LogP contribution in [0.2, 0.25) is 15.1 Å². The second-order valence-electron chi connectivity index (χ2n) is 5.33. The summed E-state index contributed by atoms with van der Waals surface area (Å²) < 4.78 is 5.64. The average Bonchev–Trinajstić information content (AvgIpc) is 2.56. The summed E-state index contributed by atoms with van der Waals surface area (Å²) in [6.07, 6.45) is 2.40. The Labute approximate surface area is 161 Å². The van der Waals surface area contributed by atoms with E-state index in [0.29, 0.717) is 34.5 Å². The van der Waals surface area contributed by atoms with E-state index in [2.05, 4.69) is 10.5 Å². The SMILES string of the molecule is Cc1cc(Cl)ccc1OCCCC(=O)N/N=C/c1ccc(Cl)c(Cl)c1. The van der Waals surface area contributed by atoms with Crippen LogP contribution in [0.3, 0.4) is 0 Å². The summed E-state index contributed by atoms with van der Waals surface area (Å²) in [4.78, 5) is 11.7. The van der Waals surface area contributed by atoms with Crippen LogP contribution in [-0.4, -0.2) is 18.7 Å². The second-order valence-corrected chi connectivity index (χ2v) is 6.58. The summed E-state index contributed by atoms with van der Waals surface area (Å²) in [5.74, 6) is 0.579. The van der Waals surface area contributed by atoms with Crippen molar-refractivity contribution in [1.82, 2.24) is 5.43 Å². The van der Waals surface area contributed by atoms with Gasteiger partial charge >= 0.3 is 0 Å². The number of benzene rings is 2. The lowest BCUT2D eigenvalue weighted by molar-refractivity contribution is -0.121. The van der Waals surface area contributed by atoms with Gasteiger partial charge in [-0.05, 0) is 54.8 Å². The molecule has 1 amide bonds. The number of hydrogen-bond donors (Lipinski definition) is 1. The topological polar surface area (TPSA) is 50.7 Å². The van der Waals surface area contributed by atoms with Crippen molar-refractivity contribution < 1.29 is 9.53 Å². The Bertz CT molecular complexity index is 779. The number of carbonyl (C=O) groups excluding carboxylic acids is 1. The van der Waals surface area contributed by atoms with Crippen molar-refractivity contribution >= 4 is 46.9 Å². The van der Waals surface area contributed by atoms with Crippen LogP contribution in [0.1, 0.15) is 24.0 Å². The van der Waals surface area contributed by atoms with Crippen molar-refractivity contribution in [3.8, 4) is 5.75 Å². The summed E-state index contributed by atoms with van der Waals surface area (Å²) in [6.45, 7) is 2.36. The lowest BCUT2D eigenvalue weighted by Crippen LogP contribution is -2.18. The molecule has 0 saturated heterocycles. The third kappa shape index (κ3) is 6.58. The normalized spacial score (nSPS) is 10.9. The molecule has 25 heavy (non-hydrogen) atoms. The van der Waals surface area contributed by atoms with Gasteiger partial charge in [-0.3, -0.25) is 4.79 Å². The first kappa shape index (κ1) is 19.6. The lowest BCUT2D eigenvalue weighted by atomic mass is 10.2. The van der Waals surface area contributed by atoms with Crippen LogP contribution in [0, 0.1) is 6.92 Å².